The van der Waals surface area contributed by atoms with Crippen molar-refractivity contribution >= 4 is 21.7 Å². The lowest BCUT2D eigenvalue weighted by molar-refractivity contribution is -0.123. The largest absolute Gasteiger partial charge is 0.496 e. The summed E-state index contributed by atoms with van der Waals surface area (Å²) in [5.74, 6) is 0.773. The average Bonchev–Trinajstić information content (AvgIpc) is 2.78. The smallest absolute Gasteiger partial charge is 0.159 e. The lowest BCUT2D eigenvalue weighted by atomic mass is 9.90. The maximum absolute atomic E-state index is 12.2. The van der Waals surface area contributed by atoms with Gasteiger partial charge >= 0.3 is 0 Å². The van der Waals surface area contributed by atoms with Gasteiger partial charge in [0.15, 0.2) is 5.78 Å². The van der Waals surface area contributed by atoms with E-state index in [9.17, 15) is 4.79 Å². The van der Waals surface area contributed by atoms with E-state index in [4.69, 9.17) is 15.2 Å². The number of carbonyl (C=O) groups excluding carboxylic acids is 1. The molecule has 1 saturated heterocycles. The summed E-state index contributed by atoms with van der Waals surface area (Å²) in [5.41, 5.74) is 6.14. The van der Waals surface area contributed by atoms with Crippen LogP contribution in [0.4, 0.5) is 0 Å². The van der Waals surface area contributed by atoms with Gasteiger partial charge in [0, 0.05) is 13.0 Å². The summed E-state index contributed by atoms with van der Waals surface area (Å²) >= 11 is 3.40. The van der Waals surface area contributed by atoms with E-state index in [-0.39, 0.29) is 5.78 Å². The topological polar surface area (TPSA) is 61.5 Å². The zero-order chi connectivity index (χ0) is 13.2. The van der Waals surface area contributed by atoms with Crippen molar-refractivity contribution in [3.63, 3.8) is 0 Å². The van der Waals surface area contributed by atoms with Crippen LogP contribution in [-0.4, -0.2) is 31.6 Å². The molecule has 1 unspecified atom stereocenters. The summed E-state index contributed by atoms with van der Waals surface area (Å²) < 4.78 is 11.2. The number of rotatable bonds is 4. The first kappa shape index (κ1) is 13.5. The minimum atomic E-state index is -0.813. The Labute approximate surface area is 115 Å². The Hall–Kier alpha value is -0.910. The third-order valence-electron chi connectivity index (χ3n) is 3.19. The Morgan fingerprint density at radius 3 is 2.94 bits per heavy atom. The van der Waals surface area contributed by atoms with Gasteiger partial charge in [-0.25, -0.2) is 0 Å². The van der Waals surface area contributed by atoms with Crippen LogP contribution in [0.25, 0.3) is 0 Å². The molecule has 0 saturated carbocycles. The van der Waals surface area contributed by atoms with Crippen LogP contribution in [0.5, 0.6) is 5.75 Å². The van der Waals surface area contributed by atoms with Crippen molar-refractivity contribution in [1.29, 1.82) is 0 Å². The minimum Gasteiger partial charge on any atom is -0.496 e. The number of hydrogen-bond donors (Lipinski definition) is 1. The maximum atomic E-state index is 12.2. The second-order valence-electron chi connectivity index (χ2n) is 4.53. The molecule has 1 fully saturated rings. The summed E-state index contributed by atoms with van der Waals surface area (Å²) in [6.07, 6.45) is 0.922. The number of methoxy groups -OCH3 is 1. The van der Waals surface area contributed by atoms with E-state index in [2.05, 4.69) is 15.9 Å². The van der Waals surface area contributed by atoms with Crippen LogP contribution in [0.3, 0.4) is 0 Å². The van der Waals surface area contributed by atoms with Crippen LogP contribution in [-0.2, 0) is 16.0 Å². The van der Waals surface area contributed by atoms with Crippen LogP contribution in [0.15, 0.2) is 22.7 Å². The molecule has 4 nitrogen and oxygen atoms in total. The van der Waals surface area contributed by atoms with Crippen LogP contribution in [0.1, 0.15) is 12.0 Å². The van der Waals surface area contributed by atoms with E-state index in [1.165, 1.54) is 0 Å². The molecule has 2 rings (SSSR count). The van der Waals surface area contributed by atoms with Crippen LogP contribution in [0, 0.1) is 0 Å². The first-order chi connectivity index (χ1) is 8.55. The van der Waals surface area contributed by atoms with Gasteiger partial charge in [0.1, 0.15) is 11.3 Å². The number of nitrogens with two attached hydrogens (primary N) is 1. The molecule has 0 bridgehead atoms. The highest BCUT2D eigenvalue weighted by molar-refractivity contribution is 9.10. The van der Waals surface area contributed by atoms with Crippen molar-refractivity contribution in [2.75, 3.05) is 20.3 Å². The molecule has 1 atom stereocenters. The predicted molar refractivity (Wildman–Crippen MR) is 71.8 cm³/mol. The molecule has 1 heterocycles. The number of Topliss-reactive ketones (excluding diaryl/α,β-unsaturated/α-hetero) is 1. The maximum Gasteiger partial charge on any atom is 0.159 e. The molecule has 5 heteroatoms. The zero-order valence-electron chi connectivity index (χ0n) is 10.2. The fourth-order valence-electron chi connectivity index (χ4n) is 1.98. The fraction of sp³-hybridized carbons (Fsp3) is 0.462. The van der Waals surface area contributed by atoms with Crippen LogP contribution >= 0.6 is 15.9 Å². The van der Waals surface area contributed by atoms with Crippen molar-refractivity contribution < 1.29 is 14.3 Å². The third kappa shape index (κ3) is 2.74. The summed E-state index contributed by atoms with van der Waals surface area (Å²) in [4.78, 5) is 12.2. The summed E-state index contributed by atoms with van der Waals surface area (Å²) in [6, 6.07) is 5.59. The van der Waals surface area contributed by atoms with Gasteiger partial charge in [-0.2, -0.15) is 0 Å². The first-order valence-electron chi connectivity index (χ1n) is 5.77. The highest BCUT2D eigenvalue weighted by Crippen LogP contribution is 2.27. The molecule has 1 aliphatic heterocycles. The Kier molecular flexibility index (Phi) is 4.04. The number of hydrogen-bond acceptors (Lipinski definition) is 4. The highest BCUT2D eigenvalue weighted by atomic mass is 79.9. The summed E-state index contributed by atoms with van der Waals surface area (Å²) in [6.45, 7) is 0.887. The standard InChI is InChI=1S/C13H16BrNO3/c1-17-11-3-2-9(6-10(11)14)7-12(16)13(15)4-5-18-8-13/h2-3,6H,4-5,7-8,15H2,1H3. The fourth-order valence-corrected chi connectivity index (χ4v) is 2.57. The number of ketones is 1. The van der Waals surface area contributed by atoms with Crippen molar-refractivity contribution in [2.24, 2.45) is 5.73 Å². The quantitative estimate of drug-likeness (QED) is 0.919. The first-order valence-corrected chi connectivity index (χ1v) is 6.57. The lowest BCUT2D eigenvalue weighted by Crippen LogP contribution is -2.49. The second kappa shape index (κ2) is 5.38. The van der Waals surface area contributed by atoms with Gasteiger partial charge in [-0.1, -0.05) is 6.07 Å². The molecular weight excluding hydrogens is 298 g/mol. The van der Waals surface area contributed by atoms with E-state index in [0.29, 0.717) is 26.1 Å². The van der Waals surface area contributed by atoms with E-state index < -0.39 is 5.54 Å². The Morgan fingerprint density at radius 1 is 1.61 bits per heavy atom. The molecule has 1 aromatic rings. The zero-order valence-corrected chi connectivity index (χ0v) is 11.8. The highest BCUT2D eigenvalue weighted by Gasteiger charge is 2.37. The molecule has 0 aromatic heterocycles. The molecule has 0 radical (unpaired) electrons. The molecule has 98 valence electrons. The van der Waals surface area contributed by atoms with Crippen LogP contribution < -0.4 is 10.5 Å². The van der Waals surface area contributed by atoms with Gasteiger partial charge in [-0.15, -0.1) is 0 Å². The van der Waals surface area contributed by atoms with Crippen LogP contribution in [0.2, 0.25) is 0 Å². The predicted octanol–water partition coefficient (Wildman–Crippen LogP) is 1.69. The molecule has 1 aliphatic rings. The molecule has 0 aliphatic carbocycles. The molecular formula is C13H16BrNO3. The van der Waals surface area contributed by atoms with Crippen molar-refractivity contribution in [1.82, 2.24) is 0 Å². The van der Waals surface area contributed by atoms with Gasteiger partial charge in [0.05, 0.1) is 18.2 Å². The molecule has 0 amide bonds. The van der Waals surface area contributed by atoms with E-state index in [0.717, 1.165) is 15.8 Å². The number of benzene rings is 1. The summed E-state index contributed by atoms with van der Waals surface area (Å²) in [5, 5.41) is 0. The van der Waals surface area contributed by atoms with Gasteiger partial charge in [0.2, 0.25) is 0 Å². The van der Waals surface area contributed by atoms with Crippen molar-refractivity contribution in [2.45, 2.75) is 18.4 Å². The molecule has 2 N–H and O–H groups in total. The molecule has 18 heavy (non-hydrogen) atoms. The Balaban J connectivity index is 2.09. The number of halogens is 1. The second-order valence-corrected chi connectivity index (χ2v) is 5.38. The molecule has 0 spiro atoms. The van der Waals surface area contributed by atoms with Crippen molar-refractivity contribution in [3.8, 4) is 5.75 Å². The van der Waals surface area contributed by atoms with Gasteiger partial charge in [-0.05, 0) is 40.0 Å². The van der Waals surface area contributed by atoms with Gasteiger partial charge < -0.3 is 15.2 Å². The SMILES string of the molecule is COc1ccc(CC(=O)C2(N)CCOC2)cc1Br. The van der Waals surface area contributed by atoms with E-state index in [1.807, 2.05) is 18.2 Å². The lowest BCUT2D eigenvalue weighted by Gasteiger charge is -2.20. The van der Waals surface area contributed by atoms with E-state index >= 15 is 0 Å². The minimum absolute atomic E-state index is 0.0251. The Morgan fingerprint density at radius 2 is 2.39 bits per heavy atom. The normalized spacial score (nSPS) is 23.1. The third-order valence-corrected chi connectivity index (χ3v) is 3.81. The number of ether oxygens (including phenoxy) is 2. The van der Waals surface area contributed by atoms with E-state index in [1.54, 1.807) is 7.11 Å². The van der Waals surface area contributed by atoms with Gasteiger partial charge in [0.25, 0.3) is 0 Å². The average molecular weight is 314 g/mol. The number of carbonyl (C=O) groups is 1. The van der Waals surface area contributed by atoms with Crippen molar-refractivity contribution in [3.05, 3.63) is 28.2 Å². The Bertz CT molecular complexity index is 456. The summed E-state index contributed by atoms with van der Waals surface area (Å²) in [7, 11) is 1.61. The monoisotopic (exact) mass is 313 g/mol. The molecule has 1 aromatic carbocycles. The van der Waals surface area contributed by atoms with Gasteiger partial charge in [-0.3, -0.25) is 4.79 Å².